The molecule has 0 spiro atoms. The highest BCUT2D eigenvalue weighted by Crippen LogP contribution is 2.46. The number of rotatable bonds is 7. The van der Waals surface area contributed by atoms with Crippen molar-refractivity contribution in [1.82, 2.24) is 5.32 Å². The fourth-order valence-electron chi connectivity index (χ4n) is 8.38. The van der Waals surface area contributed by atoms with Crippen molar-refractivity contribution in [1.29, 1.82) is 0 Å². The van der Waals surface area contributed by atoms with Gasteiger partial charge in [-0.1, -0.05) is 158 Å². The molecule has 5 heteroatoms. The predicted octanol–water partition coefficient (Wildman–Crippen LogP) is 13.5. The lowest BCUT2D eigenvalue weighted by atomic mass is 9.91. The zero-order chi connectivity index (χ0) is 38.4. The Balaban J connectivity index is 1.12. The van der Waals surface area contributed by atoms with Crippen LogP contribution in [0.15, 0.2) is 221 Å². The van der Waals surface area contributed by atoms with Crippen LogP contribution in [0, 0.1) is 0 Å². The number of hydrogen-bond donors (Lipinski definition) is 1. The maximum absolute atomic E-state index is 6.67. The molecule has 1 aliphatic rings. The molecule has 0 bridgehead atoms. The maximum Gasteiger partial charge on any atom is 0.170 e. The number of hydrogen-bond acceptors (Lipinski definition) is 5. The van der Waals surface area contributed by atoms with Gasteiger partial charge in [0.05, 0.1) is 5.69 Å². The second kappa shape index (κ2) is 14.1. The molecule has 0 amide bonds. The Morgan fingerprint density at radius 2 is 1.02 bits per heavy atom. The fraction of sp³-hybridized carbons (Fsp3) is 0.0189. The number of aliphatic imine (C=N–C) groups is 2. The van der Waals surface area contributed by atoms with Crippen molar-refractivity contribution in [2.75, 3.05) is 4.90 Å². The van der Waals surface area contributed by atoms with Crippen LogP contribution in [0.2, 0.25) is 0 Å². The van der Waals surface area contributed by atoms with Gasteiger partial charge in [-0.15, -0.1) is 0 Å². The number of para-hydroxylation sites is 3. The van der Waals surface area contributed by atoms with E-state index in [9.17, 15) is 0 Å². The number of benzene rings is 9. The Morgan fingerprint density at radius 3 is 1.76 bits per heavy atom. The van der Waals surface area contributed by atoms with Gasteiger partial charge >= 0.3 is 0 Å². The molecule has 58 heavy (non-hydrogen) atoms. The Morgan fingerprint density at radius 1 is 0.414 bits per heavy atom. The first-order valence-corrected chi connectivity index (χ1v) is 19.6. The number of nitrogens with zero attached hydrogens (tertiary/aromatic N) is 3. The molecule has 1 N–H and O–H groups in total. The van der Waals surface area contributed by atoms with Crippen LogP contribution in [0.5, 0.6) is 0 Å². The highest BCUT2D eigenvalue weighted by Gasteiger charge is 2.25. The maximum atomic E-state index is 6.67. The van der Waals surface area contributed by atoms with Crippen molar-refractivity contribution in [2.24, 2.45) is 9.98 Å². The second-order valence-electron chi connectivity index (χ2n) is 14.6. The Hall–Kier alpha value is -7.76. The Kier molecular flexibility index (Phi) is 8.14. The molecule has 9 aromatic carbocycles. The van der Waals surface area contributed by atoms with E-state index in [2.05, 4.69) is 192 Å². The zero-order valence-corrected chi connectivity index (χ0v) is 31.5. The predicted molar refractivity (Wildman–Crippen MR) is 241 cm³/mol. The first kappa shape index (κ1) is 33.6. The molecule has 10 aromatic rings. The van der Waals surface area contributed by atoms with Gasteiger partial charge in [0, 0.05) is 44.9 Å². The highest BCUT2D eigenvalue weighted by molar-refractivity contribution is 6.18. The molecule has 11 rings (SSSR count). The van der Waals surface area contributed by atoms with Crippen LogP contribution in [0.25, 0.3) is 54.6 Å². The van der Waals surface area contributed by atoms with E-state index in [0.717, 1.165) is 94.6 Å². The molecule has 0 saturated carbocycles. The number of anilines is 3. The summed E-state index contributed by atoms with van der Waals surface area (Å²) in [5.74, 6) is 1.58. The highest BCUT2D eigenvalue weighted by atomic mass is 16.3. The minimum Gasteiger partial charge on any atom is -0.456 e. The molecule has 1 aromatic heterocycles. The topological polar surface area (TPSA) is 53.1 Å². The summed E-state index contributed by atoms with van der Waals surface area (Å²) >= 11 is 0. The second-order valence-corrected chi connectivity index (χ2v) is 14.6. The van der Waals surface area contributed by atoms with Crippen LogP contribution in [0.1, 0.15) is 22.9 Å². The van der Waals surface area contributed by atoms with E-state index in [1.54, 1.807) is 0 Å². The van der Waals surface area contributed by atoms with Gasteiger partial charge in [0.1, 0.15) is 22.8 Å². The van der Waals surface area contributed by atoms with Gasteiger partial charge in [-0.2, -0.15) is 0 Å². The van der Waals surface area contributed by atoms with E-state index in [-0.39, 0.29) is 0 Å². The van der Waals surface area contributed by atoms with Gasteiger partial charge < -0.3 is 14.6 Å². The molecule has 0 fully saturated rings. The molecule has 2 heterocycles. The molecule has 0 aliphatic carbocycles. The molecule has 274 valence electrons. The molecule has 1 atom stereocenters. The summed E-state index contributed by atoms with van der Waals surface area (Å²) in [6, 6.07) is 72.2. The summed E-state index contributed by atoms with van der Waals surface area (Å²) in [4.78, 5) is 12.9. The zero-order valence-electron chi connectivity index (χ0n) is 31.5. The number of furan rings is 1. The lowest BCUT2D eigenvalue weighted by molar-refractivity contribution is 0.669. The van der Waals surface area contributed by atoms with Gasteiger partial charge in [0.15, 0.2) is 6.17 Å². The minimum atomic E-state index is -0.482. The standard InChI is InChI=1S/C53H36N4O/c1-4-17-36(18-5-1)51-54-52(38-29-28-35-16-10-11-19-37(35)32-38)56-53(55-51)45-31-30-44(42-24-12-13-25-43(42)45)47-33-41(34-49-50(47)46-26-14-15-27-48(46)58-49)57(39-20-6-2-7-21-39)40-22-8-3-9-23-40/h1-34,53H,(H,54,55,56). The Bertz CT molecular complexity index is 3170. The van der Waals surface area contributed by atoms with Crippen LogP contribution in [-0.4, -0.2) is 11.7 Å². The van der Waals surface area contributed by atoms with E-state index in [4.69, 9.17) is 14.4 Å². The fourth-order valence-corrected chi connectivity index (χ4v) is 8.38. The van der Waals surface area contributed by atoms with E-state index in [0.29, 0.717) is 0 Å². The molecular weight excluding hydrogens is 709 g/mol. The summed E-state index contributed by atoms with van der Waals surface area (Å²) in [6.45, 7) is 0. The summed E-state index contributed by atoms with van der Waals surface area (Å²) in [6.07, 6.45) is -0.482. The molecule has 5 nitrogen and oxygen atoms in total. The van der Waals surface area contributed by atoms with Crippen molar-refractivity contribution in [3.05, 3.63) is 223 Å². The molecule has 1 aliphatic heterocycles. The average Bonchev–Trinajstić information content (AvgIpc) is 3.68. The minimum absolute atomic E-state index is 0.482. The van der Waals surface area contributed by atoms with Crippen molar-refractivity contribution in [3.63, 3.8) is 0 Å². The third kappa shape index (κ3) is 5.89. The number of nitrogens with one attached hydrogen (secondary N) is 1. The number of fused-ring (bicyclic) bond motifs is 5. The molecule has 0 radical (unpaired) electrons. The van der Waals surface area contributed by atoms with Crippen LogP contribution in [0.3, 0.4) is 0 Å². The van der Waals surface area contributed by atoms with E-state index in [1.807, 2.05) is 24.3 Å². The van der Waals surface area contributed by atoms with Gasteiger partial charge in [-0.05, 0) is 75.1 Å². The summed E-state index contributed by atoms with van der Waals surface area (Å²) in [7, 11) is 0. The van der Waals surface area contributed by atoms with Crippen LogP contribution >= 0.6 is 0 Å². The third-order valence-corrected chi connectivity index (χ3v) is 11.1. The third-order valence-electron chi connectivity index (χ3n) is 11.1. The SMILES string of the molecule is c1ccc(C2=NC(c3ccc(-c4cc(N(c5ccccc5)c5ccccc5)cc5oc6ccccc6c45)c4ccccc34)N=C(c3ccc4ccccc4c3)N2)cc1. The number of amidine groups is 2. The first-order valence-electron chi connectivity index (χ1n) is 19.6. The average molecular weight is 745 g/mol. The summed E-state index contributed by atoms with van der Waals surface area (Å²) in [5.41, 5.74) is 10.1. The van der Waals surface area contributed by atoms with E-state index < -0.39 is 6.17 Å². The lowest BCUT2D eigenvalue weighted by Gasteiger charge is -2.26. The van der Waals surface area contributed by atoms with Crippen LogP contribution < -0.4 is 10.2 Å². The van der Waals surface area contributed by atoms with E-state index in [1.165, 1.54) is 5.39 Å². The summed E-state index contributed by atoms with van der Waals surface area (Å²) in [5, 5.41) is 10.3. The Labute approximate surface area is 335 Å². The lowest BCUT2D eigenvalue weighted by Crippen LogP contribution is -2.36. The van der Waals surface area contributed by atoms with Crippen molar-refractivity contribution >= 4 is 72.2 Å². The van der Waals surface area contributed by atoms with Crippen molar-refractivity contribution in [2.45, 2.75) is 6.17 Å². The molecule has 0 saturated heterocycles. The first-order chi connectivity index (χ1) is 28.7. The van der Waals surface area contributed by atoms with Crippen LogP contribution in [-0.2, 0) is 0 Å². The van der Waals surface area contributed by atoms with Crippen molar-refractivity contribution in [3.8, 4) is 11.1 Å². The summed E-state index contributed by atoms with van der Waals surface area (Å²) < 4.78 is 6.67. The molecular formula is C53H36N4O. The quantitative estimate of drug-likeness (QED) is 0.177. The van der Waals surface area contributed by atoms with Gasteiger partial charge in [0.25, 0.3) is 0 Å². The van der Waals surface area contributed by atoms with Crippen molar-refractivity contribution < 1.29 is 4.42 Å². The van der Waals surface area contributed by atoms with Gasteiger partial charge in [-0.25, -0.2) is 9.98 Å². The smallest absolute Gasteiger partial charge is 0.170 e. The molecule has 1 unspecified atom stereocenters. The van der Waals surface area contributed by atoms with Gasteiger partial charge in [-0.3, -0.25) is 0 Å². The van der Waals surface area contributed by atoms with Gasteiger partial charge in [0.2, 0.25) is 0 Å². The normalized spacial score (nSPS) is 14.0. The van der Waals surface area contributed by atoms with E-state index >= 15 is 0 Å². The monoisotopic (exact) mass is 744 g/mol. The van der Waals surface area contributed by atoms with Crippen LogP contribution in [0.4, 0.5) is 17.1 Å². The largest absolute Gasteiger partial charge is 0.456 e.